The fourth-order valence-electron chi connectivity index (χ4n) is 2.24. The first-order valence-electron chi connectivity index (χ1n) is 6.58. The molecule has 0 atom stereocenters. The summed E-state index contributed by atoms with van der Waals surface area (Å²) in [6, 6.07) is 5.31. The number of furan rings is 1. The van der Waals surface area contributed by atoms with E-state index in [9.17, 15) is 4.79 Å². The van der Waals surface area contributed by atoms with Crippen LogP contribution in [0.5, 0.6) is 0 Å². The van der Waals surface area contributed by atoms with E-state index in [0.29, 0.717) is 37.6 Å². The minimum absolute atomic E-state index is 0.0921. The van der Waals surface area contributed by atoms with Crippen LogP contribution in [0, 0.1) is 11.3 Å². The zero-order valence-electron chi connectivity index (χ0n) is 11.3. The quantitative estimate of drug-likeness (QED) is 0.814. The Morgan fingerprint density at radius 1 is 1.24 bits per heavy atom. The van der Waals surface area contributed by atoms with Crippen molar-refractivity contribution < 1.29 is 9.21 Å². The zero-order valence-corrected chi connectivity index (χ0v) is 11.3. The number of carbonyl (C=O) groups is 1. The number of carbonyl (C=O) groups excluding carboxylic acids is 1. The number of nitrogens with zero attached hydrogens (tertiary/aromatic N) is 5. The van der Waals surface area contributed by atoms with Crippen LogP contribution in [0.2, 0.25) is 0 Å². The first-order valence-corrected chi connectivity index (χ1v) is 6.58. The van der Waals surface area contributed by atoms with Crippen LogP contribution in [0.1, 0.15) is 16.2 Å². The summed E-state index contributed by atoms with van der Waals surface area (Å²) in [6.07, 6.45) is 4.54. The van der Waals surface area contributed by atoms with E-state index >= 15 is 0 Å². The van der Waals surface area contributed by atoms with E-state index in [-0.39, 0.29) is 5.91 Å². The average Bonchev–Trinajstić information content (AvgIpc) is 3.09. The van der Waals surface area contributed by atoms with Crippen LogP contribution in [-0.4, -0.2) is 47.0 Å². The van der Waals surface area contributed by atoms with Gasteiger partial charge in [0.1, 0.15) is 11.9 Å². The molecule has 1 aliphatic heterocycles. The molecule has 7 heteroatoms. The molecule has 1 fully saturated rings. The van der Waals surface area contributed by atoms with Gasteiger partial charge < -0.3 is 14.2 Å². The molecule has 3 heterocycles. The standard InChI is InChI=1S/C14H13N5O2/c15-8-11-9-17-13(10-16-11)18-3-5-19(6-4-18)14(20)12-2-1-7-21-12/h1-2,7,9-10H,3-6H2. The first kappa shape index (κ1) is 13.1. The predicted molar refractivity (Wildman–Crippen MR) is 73.6 cm³/mol. The number of piperazine rings is 1. The smallest absolute Gasteiger partial charge is 0.289 e. The fraction of sp³-hybridized carbons (Fsp3) is 0.286. The summed E-state index contributed by atoms with van der Waals surface area (Å²) >= 11 is 0. The van der Waals surface area contributed by atoms with Crippen molar-refractivity contribution >= 4 is 11.7 Å². The molecule has 0 unspecified atom stereocenters. The molecule has 0 saturated carbocycles. The molecule has 1 amide bonds. The molecule has 1 aliphatic rings. The highest BCUT2D eigenvalue weighted by Gasteiger charge is 2.24. The Morgan fingerprint density at radius 2 is 2.05 bits per heavy atom. The van der Waals surface area contributed by atoms with Gasteiger partial charge in [-0.05, 0) is 12.1 Å². The van der Waals surface area contributed by atoms with Gasteiger partial charge >= 0.3 is 0 Å². The average molecular weight is 283 g/mol. The second-order valence-electron chi connectivity index (χ2n) is 4.63. The Kier molecular flexibility index (Phi) is 3.51. The third kappa shape index (κ3) is 2.69. The highest BCUT2D eigenvalue weighted by atomic mass is 16.3. The van der Waals surface area contributed by atoms with Crippen LogP contribution in [-0.2, 0) is 0 Å². The third-order valence-electron chi connectivity index (χ3n) is 3.38. The molecular formula is C14H13N5O2. The molecule has 1 saturated heterocycles. The number of aromatic nitrogens is 2. The van der Waals surface area contributed by atoms with E-state index in [1.165, 1.54) is 12.5 Å². The number of hydrogen-bond acceptors (Lipinski definition) is 6. The van der Waals surface area contributed by atoms with Gasteiger partial charge in [-0.15, -0.1) is 0 Å². The van der Waals surface area contributed by atoms with Crippen molar-refractivity contribution in [2.75, 3.05) is 31.1 Å². The summed E-state index contributed by atoms with van der Waals surface area (Å²) in [5.41, 5.74) is 0.297. The largest absolute Gasteiger partial charge is 0.459 e. The lowest BCUT2D eigenvalue weighted by Crippen LogP contribution is -2.49. The molecule has 0 aliphatic carbocycles. The van der Waals surface area contributed by atoms with Gasteiger partial charge in [-0.1, -0.05) is 0 Å². The van der Waals surface area contributed by atoms with Crippen molar-refractivity contribution in [2.24, 2.45) is 0 Å². The molecule has 7 nitrogen and oxygen atoms in total. The predicted octanol–water partition coefficient (Wildman–Crippen LogP) is 0.904. The minimum Gasteiger partial charge on any atom is -0.459 e. The second kappa shape index (κ2) is 5.63. The maximum atomic E-state index is 12.1. The van der Waals surface area contributed by atoms with Gasteiger partial charge in [0.2, 0.25) is 0 Å². The lowest BCUT2D eigenvalue weighted by atomic mass is 10.3. The topological polar surface area (TPSA) is 86.3 Å². The third-order valence-corrected chi connectivity index (χ3v) is 3.38. The Hall–Kier alpha value is -2.88. The number of nitriles is 1. The minimum atomic E-state index is -0.0921. The van der Waals surface area contributed by atoms with E-state index in [2.05, 4.69) is 9.97 Å². The molecule has 3 rings (SSSR count). The van der Waals surface area contributed by atoms with Crippen LogP contribution in [0.15, 0.2) is 35.2 Å². The van der Waals surface area contributed by atoms with Gasteiger partial charge in [0.15, 0.2) is 11.5 Å². The molecule has 0 bridgehead atoms. The summed E-state index contributed by atoms with van der Waals surface area (Å²) < 4.78 is 5.13. The van der Waals surface area contributed by atoms with E-state index < -0.39 is 0 Å². The van der Waals surface area contributed by atoms with E-state index in [4.69, 9.17) is 9.68 Å². The number of hydrogen-bond donors (Lipinski definition) is 0. The van der Waals surface area contributed by atoms with E-state index in [0.717, 1.165) is 5.82 Å². The van der Waals surface area contributed by atoms with Gasteiger partial charge in [-0.2, -0.15) is 5.26 Å². The molecule has 106 valence electrons. The van der Waals surface area contributed by atoms with Crippen molar-refractivity contribution in [3.05, 3.63) is 42.2 Å². The molecule has 0 spiro atoms. The summed E-state index contributed by atoms with van der Waals surface area (Å²) in [4.78, 5) is 24.2. The van der Waals surface area contributed by atoms with Gasteiger partial charge in [0.25, 0.3) is 5.91 Å². The van der Waals surface area contributed by atoms with E-state index in [1.807, 2.05) is 11.0 Å². The van der Waals surface area contributed by atoms with Crippen molar-refractivity contribution in [1.29, 1.82) is 5.26 Å². The molecule has 0 radical (unpaired) electrons. The molecular weight excluding hydrogens is 270 g/mol. The lowest BCUT2D eigenvalue weighted by molar-refractivity contribution is 0.0714. The van der Waals surface area contributed by atoms with Crippen molar-refractivity contribution in [2.45, 2.75) is 0 Å². The van der Waals surface area contributed by atoms with Crippen LogP contribution in [0.4, 0.5) is 5.82 Å². The monoisotopic (exact) mass is 283 g/mol. The van der Waals surface area contributed by atoms with Crippen molar-refractivity contribution in [3.63, 3.8) is 0 Å². The lowest BCUT2D eigenvalue weighted by Gasteiger charge is -2.34. The molecule has 0 N–H and O–H groups in total. The zero-order chi connectivity index (χ0) is 14.7. The number of anilines is 1. The van der Waals surface area contributed by atoms with Crippen LogP contribution < -0.4 is 4.90 Å². The summed E-state index contributed by atoms with van der Waals surface area (Å²) in [5, 5.41) is 8.71. The Balaban J connectivity index is 1.62. The molecule has 0 aromatic carbocycles. The number of amides is 1. The maximum Gasteiger partial charge on any atom is 0.289 e. The Labute approximate surface area is 121 Å². The Bertz CT molecular complexity index is 652. The first-order chi connectivity index (χ1) is 10.3. The SMILES string of the molecule is N#Cc1cnc(N2CCN(C(=O)c3ccco3)CC2)cn1. The van der Waals surface area contributed by atoms with Gasteiger partial charge in [0.05, 0.1) is 18.7 Å². The van der Waals surface area contributed by atoms with Crippen LogP contribution in [0.25, 0.3) is 0 Å². The molecule has 2 aromatic rings. The highest BCUT2D eigenvalue weighted by Crippen LogP contribution is 2.14. The summed E-state index contributed by atoms with van der Waals surface area (Å²) in [5.74, 6) is 0.992. The highest BCUT2D eigenvalue weighted by molar-refractivity contribution is 5.91. The molecule has 21 heavy (non-hydrogen) atoms. The van der Waals surface area contributed by atoms with Crippen LogP contribution in [0.3, 0.4) is 0 Å². The Morgan fingerprint density at radius 3 is 2.62 bits per heavy atom. The van der Waals surface area contributed by atoms with Gasteiger partial charge in [0, 0.05) is 26.2 Å². The van der Waals surface area contributed by atoms with E-state index in [1.54, 1.807) is 23.2 Å². The summed E-state index contributed by atoms with van der Waals surface area (Å²) in [7, 11) is 0. The van der Waals surface area contributed by atoms with Crippen molar-refractivity contribution in [1.82, 2.24) is 14.9 Å². The normalized spacial score (nSPS) is 14.8. The van der Waals surface area contributed by atoms with Crippen molar-refractivity contribution in [3.8, 4) is 6.07 Å². The fourth-order valence-corrected chi connectivity index (χ4v) is 2.24. The maximum absolute atomic E-state index is 12.1. The van der Waals surface area contributed by atoms with Gasteiger partial charge in [-0.25, -0.2) is 9.97 Å². The number of rotatable bonds is 2. The molecule has 2 aromatic heterocycles. The van der Waals surface area contributed by atoms with Gasteiger partial charge in [-0.3, -0.25) is 4.79 Å². The second-order valence-corrected chi connectivity index (χ2v) is 4.63. The summed E-state index contributed by atoms with van der Waals surface area (Å²) in [6.45, 7) is 2.54. The van der Waals surface area contributed by atoms with Crippen LogP contribution >= 0.6 is 0 Å².